The number of hydrogen-bond donors (Lipinski definition) is 2. The normalized spacial score (nSPS) is 13.6. The number of hydrogen-bond acceptors (Lipinski definition) is 3. The third kappa shape index (κ3) is 4.49. The number of nitrogens with one attached hydrogen (secondary N) is 1. The summed E-state index contributed by atoms with van der Waals surface area (Å²) in [5, 5.41) is 8.57. The minimum absolute atomic E-state index is 0.259. The predicted molar refractivity (Wildman–Crippen MR) is 63.8 cm³/mol. The molecule has 0 saturated carbocycles. The highest BCUT2D eigenvalue weighted by atomic mass is 35.5. The standard InChI is InChI=1S/C10H14ClNO3S/c11-8-16(14,15)12-10(7-13)6-9-4-2-1-3-5-9/h1-5,10,12-13H,6-8H2. The van der Waals surface area contributed by atoms with Gasteiger partial charge < -0.3 is 5.11 Å². The Morgan fingerprint density at radius 2 is 1.94 bits per heavy atom. The highest BCUT2D eigenvalue weighted by Gasteiger charge is 2.16. The van der Waals surface area contributed by atoms with Crippen LogP contribution in [0.15, 0.2) is 30.3 Å². The molecule has 1 unspecified atom stereocenters. The molecule has 0 amide bonds. The third-order valence-corrected chi connectivity index (χ3v) is 3.88. The van der Waals surface area contributed by atoms with Gasteiger partial charge in [-0.3, -0.25) is 0 Å². The van der Waals surface area contributed by atoms with E-state index < -0.39 is 21.3 Å². The molecule has 0 aliphatic carbocycles. The number of rotatable bonds is 6. The maximum Gasteiger partial charge on any atom is 0.225 e. The van der Waals surface area contributed by atoms with Crippen LogP contribution in [0.2, 0.25) is 0 Å². The zero-order chi connectivity index (χ0) is 12.0. The molecule has 16 heavy (non-hydrogen) atoms. The molecule has 1 aromatic rings. The Labute approximate surface area is 100 Å². The third-order valence-electron chi connectivity index (χ3n) is 2.04. The summed E-state index contributed by atoms with van der Waals surface area (Å²) in [6.07, 6.45) is 0.438. The number of halogens is 1. The van der Waals surface area contributed by atoms with Gasteiger partial charge in [-0.05, 0) is 12.0 Å². The Kier molecular flexibility index (Phi) is 5.21. The molecule has 0 fully saturated rings. The van der Waals surface area contributed by atoms with E-state index in [4.69, 9.17) is 16.7 Å². The van der Waals surface area contributed by atoms with E-state index in [-0.39, 0.29) is 6.61 Å². The topological polar surface area (TPSA) is 66.4 Å². The SMILES string of the molecule is O=S(=O)(CCl)NC(CO)Cc1ccccc1. The Bertz CT molecular complexity index is 407. The van der Waals surface area contributed by atoms with Gasteiger partial charge in [0, 0.05) is 6.04 Å². The molecular weight excluding hydrogens is 250 g/mol. The van der Waals surface area contributed by atoms with E-state index in [1.165, 1.54) is 0 Å². The van der Waals surface area contributed by atoms with Crippen molar-refractivity contribution in [2.24, 2.45) is 0 Å². The van der Waals surface area contributed by atoms with Crippen molar-refractivity contribution in [3.8, 4) is 0 Å². The highest BCUT2D eigenvalue weighted by Crippen LogP contribution is 2.04. The van der Waals surface area contributed by atoms with Gasteiger partial charge in [-0.1, -0.05) is 30.3 Å². The molecule has 0 spiro atoms. The van der Waals surface area contributed by atoms with E-state index in [1.54, 1.807) is 0 Å². The molecule has 0 aromatic heterocycles. The summed E-state index contributed by atoms with van der Waals surface area (Å²) in [6, 6.07) is 8.81. The number of benzene rings is 1. The van der Waals surface area contributed by atoms with E-state index in [0.29, 0.717) is 6.42 Å². The molecule has 1 atom stereocenters. The average Bonchev–Trinajstić information content (AvgIpc) is 2.29. The smallest absolute Gasteiger partial charge is 0.225 e. The van der Waals surface area contributed by atoms with Crippen molar-refractivity contribution in [1.82, 2.24) is 4.72 Å². The van der Waals surface area contributed by atoms with Gasteiger partial charge >= 0.3 is 0 Å². The Hall–Kier alpha value is -0.620. The van der Waals surface area contributed by atoms with Gasteiger partial charge in [0.1, 0.15) is 5.21 Å². The molecule has 1 aromatic carbocycles. The molecule has 0 heterocycles. The first-order valence-electron chi connectivity index (χ1n) is 4.78. The van der Waals surface area contributed by atoms with Gasteiger partial charge in [0.05, 0.1) is 6.61 Å². The minimum Gasteiger partial charge on any atom is -0.395 e. The minimum atomic E-state index is -3.50. The molecule has 2 N–H and O–H groups in total. The van der Waals surface area contributed by atoms with Crippen molar-refractivity contribution < 1.29 is 13.5 Å². The van der Waals surface area contributed by atoms with Gasteiger partial charge in [0.15, 0.2) is 0 Å². The van der Waals surface area contributed by atoms with Gasteiger partial charge in [-0.15, -0.1) is 11.6 Å². The lowest BCUT2D eigenvalue weighted by atomic mass is 10.1. The van der Waals surface area contributed by atoms with Crippen LogP contribution in [0.1, 0.15) is 5.56 Å². The highest BCUT2D eigenvalue weighted by molar-refractivity contribution is 7.90. The van der Waals surface area contributed by atoms with Crippen molar-refractivity contribution in [1.29, 1.82) is 0 Å². The van der Waals surface area contributed by atoms with E-state index in [2.05, 4.69) is 4.72 Å². The van der Waals surface area contributed by atoms with Gasteiger partial charge in [-0.25, -0.2) is 13.1 Å². The maximum atomic E-state index is 11.2. The van der Waals surface area contributed by atoms with Crippen LogP contribution in [-0.2, 0) is 16.4 Å². The summed E-state index contributed by atoms with van der Waals surface area (Å²) in [6.45, 7) is -0.259. The van der Waals surface area contributed by atoms with E-state index in [0.717, 1.165) is 5.56 Å². The molecule has 6 heteroatoms. The van der Waals surface area contributed by atoms with Crippen LogP contribution in [0.3, 0.4) is 0 Å². The fraction of sp³-hybridized carbons (Fsp3) is 0.400. The van der Waals surface area contributed by atoms with Crippen molar-refractivity contribution >= 4 is 21.6 Å². The van der Waals surface area contributed by atoms with Crippen molar-refractivity contribution in [2.45, 2.75) is 12.5 Å². The zero-order valence-corrected chi connectivity index (χ0v) is 10.2. The number of aliphatic hydroxyl groups is 1. The van der Waals surface area contributed by atoms with Gasteiger partial charge in [0.2, 0.25) is 10.0 Å². The van der Waals surface area contributed by atoms with Crippen LogP contribution in [0.5, 0.6) is 0 Å². The summed E-state index contributed by atoms with van der Waals surface area (Å²) in [5.41, 5.74) is 0.957. The summed E-state index contributed by atoms with van der Waals surface area (Å²) >= 11 is 5.27. The Balaban J connectivity index is 2.63. The molecule has 1 rings (SSSR count). The quantitative estimate of drug-likeness (QED) is 0.743. The fourth-order valence-corrected chi connectivity index (χ4v) is 2.25. The molecule has 4 nitrogen and oxygen atoms in total. The summed E-state index contributed by atoms with van der Waals surface area (Å²) in [7, 11) is -3.50. The van der Waals surface area contributed by atoms with E-state index in [9.17, 15) is 8.42 Å². The second kappa shape index (κ2) is 6.20. The van der Waals surface area contributed by atoms with Crippen molar-refractivity contribution in [2.75, 3.05) is 11.8 Å². The van der Waals surface area contributed by atoms with Crippen LogP contribution in [0, 0.1) is 0 Å². The lowest BCUT2D eigenvalue weighted by Gasteiger charge is -2.15. The van der Waals surface area contributed by atoms with Crippen LogP contribution >= 0.6 is 11.6 Å². The van der Waals surface area contributed by atoms with E-state index >= 15 is 0 Å². The first kappa shape index (κ1) is 13.4. The fourth-order valence-electron chi connectivity index (χ4n) is 1.33. The molecule has 0 saturated heterocycles. The van der Waals surface area contributed by atoms with Crippen molar-refractivity contribution in [3.63, 3.8) is 0 Å². The summed E-state index contributed by atoms with van der Waals surface area (Å²) in [4.78, 5) is 0. The van der Waals surface area contributed by atoms with Crippen LogP contribution < -0.4 is 4.72 Å². The Morgan fingerprint density at radius 1 is 1.31 bits per heavy atom. The first-order chi connectivity index (χ1) is 7.57. The molecule has 0 aliphatic rings. The number of alkyl halides is 1. The molecule has 0 radical (unpaired) electrons. The molecule has 0 bridgehead atoms. The Morgan fingerprint density at radius 3 is 2.44 bits per heavy atom. The number of sulfonamides is 1. The lowest BCUT2D eigenvalue weighted by molar-refractivity contribution is 0.256. The molecule has 0 aliphatic heterocycles. The second-order valence-electron chi connectivity index (χ2n) is 3.41. The van der Waals surface area contributed by atoms with Crippen LogP contribution in [0.25, 0.3) is 0 Å². The second-order valence-corrected chi connectivity index (χ2v) is 5.75. The summed E-state index contributed by atoms with van der Waals surface area (Å²) in [5.74, 6) is 0. The summed E-state index contributed by atoms with van der Waals surface area (Å²) < 4.78 is 24.7. The molecular formula is C10H14ClNO3S. The number of aliphatic hydroxyl groups excluding tert-OH is 1. The predicted octanol–water partition coefficient (Wildman–Crippen LogP) is 0.706. The monoisotopic (exact) mass is 263 g/mol. The molecule has 90 valence electrons. The first-order valence-corrected chi connectivity index (χ1v) is 6.97. The van der Waals surface area contributed by atoms with Crippen molar-refractivity contribution in [3.05, 3.63) is 35.9 Å². The van der Waals surface area contributed by atoms with E-state index in [1.807, 2.05) is 30.3 Å². The largest absolute Gasteiger partial charge is 0.395 e. The van der Waals surface area contributed by atoms with Gasteiger partial charge in [-0.2, -0.15) is 0 Å². The lowest BCUT2D eigenvalue weighted by Crippen LogP contribution is -2.39. The van der Waals surface area contributed by atoms with Crippen LogP contribution in [0.4, 0.5) is 0 Å². The average molecular weight is 264 g/mol. The van der Waals surface area contributed by atoms with Crippen LogP contribution in [-0.4, -0.2) is 31.4 Å². The van der Waals surface area contributed by atoms with Gasteiger partial charge in [0.25, 0.3) is 0 Å². The zero-order valence-electron chi connectivity index (χ0n) is 8.64. The maximum absolute atomic E-state index is 11.2.